The van der Waals surface area contributed by atoms with E-state index in [1.165, 1.54) is 38.0 Å². The Kier molecular flexibility index (Phi) is 5.83. The van der Waals surface area contributed by atoms with Crippen molar-refractivity contribution in [3.05, 3.63) is 35.9 Å². The molecule has 0 amide bonds. The van der Waals surface area contributed by atoms with Gasteiger partial charge < -0.3 is 10.2 Å². The van der Waals surface area contributed by atoms with Crippen LogP contribution in [-0.4, -0.2) is 31.1 Å². The summed E-state index contributed by atoms with van der Waals surface area (Å²) < 4.78 is 0. The summed E-state index contributed by atoms with van der Waals surface area (Å²) in [6.07, 6.45) is 2.52. The zero-order valence-electron chi connectivity index (χ0n) is 14.2. The van der Waals surface area contributed by atoms with Crippen LogP contribution in [0.25, 0.3) is 0 Å². The van der Waals surface area contributed by atoms with Gasteiger partial charge in [-0.15, -0.1) is 0 Å². The SMILES string of the molecule is CCCNC(c1ccccc1)C(C)CN1CCC(C)(C)C1. The van der Waals surface area contributed by atoms with E-state index in [1.54, 1.807) is 0 Å². The quantitative estimate of drug-likeness (QED) is 0.813. The molecule has 1 aliphatic rings. The number of rotatable bonds is 7. The first-order valence-electron chi connectivity index (χ1n) is 8.52. The van der Waals surface area contributed by atoms with E-state index in [9.17, 15) is 0 Å². The molecule has 0 aliphatic carbocycles. The molecule has 21 heavy (non-hydrogen) atoms. The molecule has 2 rings (SSSR count). The van der Waals surface area contributed by atoms with Gasteiger partial charge in [-0.3, -0.25) is 0 Å². The van der Waals surface area contributed by atoms with E-state index in [-0.39, 0.29) is 0 Å². The second-order valence-electron chi connectivity index (χ2n) is 7.47. The predicted molar refractivity (Wildman–Crippen MR) is 91.5 cm³/mol. The zero-order chi connectivity index (χ0) is 15.3. The van der Waals surface area contributed by atoms with Gasteiger partial charge >= 0.3 is 0 Å². The van der Waals surface area contributed by atoms with Gasteiger partial charge in [0, 0.05) is 19.1 Å². The van der Waals surface area contributed by atoms with Gasteiger partial charge in [-0.05, 0) is 42.8 Å². The summed E-state index contributed by atoms with van der Waals surface area (Å²) >= 11 is 0. The number of likely N-dealkylation sites (tertiary alicyclic amines) is 1. The first-order valence-corrected chi connectivity index (χ1v) is 8.52. The summed E-state index contributed by atoms with van der Waals surface area (Å²) in [7, 11) is 0. The van der Waals surface area contributed by atoms with Crippen LogP contribution >= 0.6 is 0 Å². The van der Waals surface area contributed by atoms with Crippen LogP contribution < -0.4 is 5.32 Å². The topological polar surface area (TPSA) is 15.3 Å². The van der Waals surface area contributed by atoms with Crippen molar-refractivity contribution in [1.82, 2.24) is 10.2 Å². The highest BCUT2D eigenvalue weighted by Crippen LogP contribution is 2.31. The average molecular weight is 288 g/mol. The lowest BCUT2D eigenvalue weighted by Gasteiger charge is -2.30. The van der Waals surface area contributed by atoms with Gasteiger partial charge in [-0.1, -0.05) is 58.0 Å². The Balaban J connectivity index is 1.99. The van der Waals surface area contributed by atoms with Crippen LogP contribution in [0.4, 0.5) is 0 Å². The van der Waals surface area contributed by atoms with E-state index in [2.05, 4.69) is 68.2 Å². The van der Waals surface area contributed by atoms with Gasteiger partial charge in [-0.2, -0.15) is 0 Å². The third-order valence-corrected chi connectivity index (χ3v) is 4.64. The smallest absolute Gasteiger partial charge is 0.0358 e. The first kappa shape index (κ1) is 16.5. The van der Waals surface area contributed by atoms with Crippen molar-refractivity contribution in [1.29, 1.82) is 0 Å². The molecule has 0 radical (unpaired) electrons. The fourth-order valence-electron chi connectivity index (χ4n) is 3.50. The van der Waals surface area contributed by atoms with E-state index in [0.29, 0.717) is 17.4 Å². The fraction of sp³-hybridized carbons (Fsp3) is 0.684. The van der Waals surface area contributed by atoms with Crippen LogP contribution in [0.3, 0.4) is 0 Å². The highest BCUT2D eigenvalue weighted by Gasteiger charge is 2.31. The molecule has 2 atom stereocenters. The molecular weight excluding hydrogens is 256 g/mol. The van der Waals surface area contributed by atoms with Crippen molar-refractivity contribution in [3.63, 3.8) is 0 Å². The molecule has 0 spiro atoms. The summed E-state index contributed by atoms with van der Waals surface area (Å²) in [4.78, 5) is 2.65. The molecule has 1 aromatic rings. The van der Waals surface area contributed by atoms with Gasteiger partial charge in [0.15, 0.2) is 0 Å². The molecule has 118 valence electrons. The van der Waals surface area contributed by atoms with Gasteiger partial charge in [0.25, 0.3) is 0 Å². The van der Waals surface area contributed by atoms with Crippen molar-refractivity contribution >= 4 is 0 Å². The number of nitrogens with zero attached hydrogens (tertiary/aromatic N) is 1. The Morgan fingerprint density at radius 1 is 1.24 bits per heavy atom. The predicted octanol–water partition coefficient (Wildman–Crippen LogP) is 4.10. The highest BCUT2D eigenvalue weighted by atomic mass is 15.2. The zero-order valence-corrected chi connectivity index (χ0v) is 14.2. The Morgan fingerprint density at radius 2 is 1.95 bits per heavy atom. The van der Waals surface area contributed by atoms with Crippen molar-refractivity contribution in [2.24, 2.45) is 11.3 Å². The van der Waals surface area contributed by atoms with Gasteiger partial charge in [0.05, 0.1) is 0 Å². The summed E-state index contributed by atoms with van der Waals surface area (Å²) in [6.45, 7) is 14.2. The second kappa shape index (κ2) is 7.42. The maximum atomic E-state index is 3.75. The monoisotopic (exact) mass is 288 g/mol. The van der Waals surface area contributed by atoms with E-state index < -0.39 is 0 Å². The average Bonchev–Trinajstić information content (AvgIpc) is 2.79. The molecule has 1 aromatic carbocycles. The van der Waals surface area contributed by atoms with E-state index in [4.69, 9.17) is 0 Å². The maximum absolute atomic E-state index is 3.75. The lowest BCUT2D eigenvalue weighted by Crippen LogP contribution is -2.36. The van der Waals surface area contributed by atoms with Crippen LogP contribution in [0.15, 0.2) is 30.3 Å². The summed E-state index contributed by atoms with van der Waals surface area (Å²) in [5.41, 5.74) is 1.93. The third kappa shape index (κ3) is 4.82. The number of nitrogens with one attached hydrogen (secondary N) is 1. The normalized spacial score (nSPS) is 21.3. The van der Waals surface area contributed by atoms with Gasteiger partial charge in [-0.25, -0.2) is 0 Å². The molecule has 0 saturated carbocycles. The number of benzene rings is 1. The number of hydrogen-bond donors (Lipinski definition) is 1. The molecule has 1 heterocycles. The molecule has 1 fully saturated rings. The van der Waals surface area contributed by atoms with Crippen LogP contribution in [-0.2, 0) is 0 Å². The van der Waals surface area contributed by atoms with Crippen molar-refractivity contribution in [2.45, 2.75) is 46.6 Å². The highest BCUT2D eigenvalue weighted by molar-refractivity contribution is 5.19. The van der Waals surface area contributed by atoms with Crippen molar-refractivity contribution < 1.29 is 0 Å². The minimum absolute atomic E-state index is 0.467. The summed E-state index contributed by atoms with van der Waals surface area (Å²) in [5, 5.41) is 3.75. The van der Waals surface area contributed by atoms with E-state index in [0.717, 1.165) is 6.54 Å². The van der Waals surface area contributed by atoms with E-state index in [1.807, 2.05) is 0 Å². The Labute approximate surface area is 130 Å². The van der Waals surface area contributed by atoms with Crippen LogP contribution in [0, 0.1) is 11.3 Å². The largest absolute Gasteiger partial charge is 0.310 e. The minimum Gasteiger partial charge on any atom is -0.310 e. The fourth-order valence-corrected chi connectivity index (χ4v) is 3.50. The Hall–Kier alpha value is -0.860. The molecule has 2 nitrogen and oxygen atoms in total. The lowest BCUT2D eigenvalue weighted by molar-refractivity contribution is 0.227. The molecule has 2 unspecified atom stereocenters. The number of hydrogen-bond acceptors (Lipinski definition) is 2. The molecule has 0 bridgehead atoms. The summed E-state index contributed by atoms with van der Waals surface area (Å²) in [6, 6.07) is 11.4. The van der Waals surface area contributed by atoms with Crippen LogP contribution in [0.1, 0.15) is 52.1 Å². The third-order valence-electron chi connectivity index (χ3n) is 4.64. The standard InChI is InChI=1S/C19H32N2/c1-5-12-20-18(17-9-7-6-8-10-17)16(2)14-21-13-11-19(3,4)15-21/h6-10,16,18,20H,5,11-15H2,1-4H3. The van der Waals surface area contributed by atoms with Crippen molar-refractivity contribution in [2.75, 3.05) is 26.2 Å². The van der Waals surface area contributed by atoms with E-state index >= 15 is 0 Å². The summed E-state index contributed by atoms with van der Waals surface area (Å²) in [5.74, 6) is 0.632. The van der Waals surface area contributed by atoms with Crippen molar-refractivity contribution in [3.8, 4) is 0 Å². The molecular formula is C19H32N2. The maximum Gasteiger partial charge on any atom is 0.0358 e. The Morgan fingerprint density at radius 3 is 2.52 bits per heavy atom. The lowest BCUT2D eigenvalue weighted by atomic mass is 9.92. The van der Waals surface area contributed by atoms with Crippen LogP contribution in [0.5, 0.6) is 0 Å². The van der Waals surface area contributed by atoms with Gasteiger partial charge in [0.2, 0.25) is 0 Å². The van der Waals surface area contributed by atoms with Gasteiger partial charge in [0.1, 0.15) is 0 Å². The second-order valence-corrected chi connectivity index (χ2v) is 7.47. The molecule has 0 aromatic heterocycles. The Bertz CT molecular complexity index is 413. The minimum atomic E-state index is 0.467. The van der Waals surface area contributed by atoms with Crippen LogP contribution in [0.2, 0.25) is 0 Å². The molecule has 2 heteroatoms. The molecule has 1 aliphatic heterocycles. The molecule has 1 N–H and O–H groups in total. The molecule has 1 saturated heterocycles. The first-order chi connectivity index (χ1) is 10.0.